The van der Waals surface area contributed by atoms with Crippen molar-refractivity contribution in [3.05, 3.63) is 50.4 Å². The van der Waals surface area contributed by atoms with Gasteiger partial charge in [0.25, 0.3) is 5.91 Å². The molecule has 4 nitrogen and oxygen atoms in total. The van der Waals surface area contributed by atoms with Gasteiger partial charge in [0.2, 0.25) is 0 Å². The van der Waals surface area contributed by atoms with E-state index in [1.54, 1.807) is 23.5 Å². The maximum absolute atomic E-state index is 12.2. The molecule has 1 aliphatic rings. The molecule has 0 radical (unpaired) electrons. The quantitative estimate of drug-likeness (QED) is 0.789. The number of aromatic nitrogens is 1. The van der Waals surface area contributed by atoms with Crippen molar-refractivity contribution in [3.63, 3.8) is 0 Å². The van der Waals surface area contributed by atoms with Gasteiger partial charge in [0, 0.05) is 28.2 Å². The number of thiazole rings is 1. The van der Waals surface area contributed by atoms with Crippen LogP contribution in [0.5, 0.6) is 5.75 Å². The van der Waals surface area contributed by atoms with Crippen LogP contribution >= 0.6 is 22.9 Å². The highest BCUT2D eigenvalue weighted by molar-refractivity contribution is 7.09. The van der Waals surface area contributed by atoms with Crippen molar-refractivity contribution in [2.24, 2.45) is 0 Å². The van der Waals surface area contributed by atoms with Crippen LogP contribution in [-0.2, 0) is 11.2 Å². The summed E-state index contributed by atoms with van der Waals surface area (Å²) in [6, 6.07) is 5.41. The fourth-order valence-electron chi connectivity index (χ4n) is 2.51. The highest BCUT2D eigenvalue weighted by Gasteiger charge is 2.17. The summed E-state index contributed by atoms with van der Waals surface area (Å²) >= 11 is 7.68. The van der Waals surface area contributed by atoms with Gasteiger partial charge < -0.3 is 10.1 Å². The van der Waals surface area contributed by atoms with Crippen LogP contribution in [0.1, 0.15) is 29.1 Å². The number of aryl methyl sites for hydroxylation is 2. The van der Waals surface area contributed by atoms with Gasteiger partial charge in [-0.25, -0.2) is 4.98 Å². The van der Waals surface area contributed by atoms with Crippen LogP contribution in [0.15, 0.2) is 29.2 Å². The van der Waals surface area contributed by atoms with Gasteiger partial charge in [-0.2, -0.15) is 0 Å². The molecule has 0 bridgehead atoms. The molecule has 126 valence electrons. The fourth-order valence-corrected chi connectivity index (χ4v) is 3.51. The number of unbranched alkanes of at least 4 members (excludes halogenated alkanes) is 1. The fraction of sp³-hybridized carbons (Fsp3) is 0.333. The lowest BCUT2D eigenvalue weighted by atomic mass is 10.1. The first-order valence-corrected chi connectivity index (χ1v) is 9.20. The Hall–Kier alpha value is -1.85. The Morgan fingerprint density at radius 3 is 3.08 bits per heavy atom. The Labute approximate surface area is 150 Å². The third kappa shape index (κ3) is 4.36. The van der Waals surface area contributed by atoms with Crippen LogP contribution in [-0.4, -0.2) is 24.0 Å². The van der Waals surface area contributed by atoms with Gasteiger partial charge in [0.1, 0.15) is 12.4 Å². The smallest absolute Gasteiger partial charge is 0.250 e. The number of ether oxygens (including phenoxy) is 1. The van der Waals surface area contributed by atoms with E-state index in [2.05, 4.69) is 15.7 Å². The zero-order valence-electron chi connectivity index (χ0n) is 13.5. The number of hydrogen-bond donors (Lipinski definition) is 1. The zero-order valence-corrected chi connectivity index (χ0v) is 15.0. The summed E-state index contributed by atoms with van der Waals surface area (Å²) in [5.74, 6) is 0.681. The SMILES string of the molecule is Cc1csc(CCCCNC(=O)C2=Cc3cc(Cl)ccc3OC2)n1. The summed E-state index contributed by atoms with van der Waals surface area (Å²) in [5, 5.41) is 6.81. The van der Waals surface area contributed by atoms with E-state index in [4.69, 9.17) is 16.3 Å². The molecule has 0 saturated heterocycles. The first kappa shape index (κ1) is 17.0. The van der Waals surface area contributed by atoms with E-state index in [9.17, 15) is 4.79 Å². The van der Waals surface area contributed by atoms with Crippen LogP contribution in [0.4, 0.5) is 0 Å². The predicted molar refractivity (Wildman–Crippen MR) is 97.7 cm³/mol. The third-order valence-electron chi connectivity index (χ3n) is 3.75. The minimum Gasteiger partial charge on any atom is -0.488 e. The lowest BCUT2D eigenvalue weighted by Gasteiger charge is -2.17. The van der Waals surface area contributed by atoms with Gasteiger partial charge in [0.05, 0.1) is 10.6 Å². The van der Waals surface area contributed by atoms with Gasteiger partial charge in [-0.15, -0.1) is 11.3 Å². The minimum atomic E-state index is -0.0780. The molecule has 1 amide bonds. The number of nitrogens with zero attached hydrogens (tertiary/aromatic N) is 1. The van der Waals surface area contributed by atoms with Gasteiger partial charge in [-0.1, -0.05) is 11.6 Å². The Balaban J connectivity index is 1.45. The Morgan fingerprint density at radius 2 is 2.29 bits per heavy atom. The summed E-state index contributed by atoms with van der Waals surface area (Å²) in [6.07, 6.45) is 4.76. The van der Waals surface area contributed by atoms with E-state index in [0.29, 0.717) is 23.7 Å². The summed E-state index contributed by atoms with van der Waals surface area (Å²) < 4.78 is 5.61. The number of benzene rings is 1. The number of nitrogens with one attached hydrogen (secondary N) is 1. The summed E-state index contributed by atoms with van der Waals surface area (Å²) in [5.41, 5.74) is 2.55. The highest BCUT2D eigenvalue weighted by atomic mass is 35.5. The molecule has 0 fully saturated rings. The molecule has 1 N–H and O–H groups in total. The maximum atomic E-state index is 12.2. The molecule has 6 heteroatoms. The molecule has 0 unspecified atom stereocenters. The number of carbonyl (C=O) groups is 1. The van der Waals surface area contributed by atoms with Crippen molar-refractivity contribution >= 4 is 34.9 Å². The summed E-state index contributed by atoms with van der Waals surface area (Å²) in [4.78, 5) is 16.7. The van der Waals surface area contributed by atoms with Crippen LogP contribution in [0.25, 0.3) is 6.08 Å². The van der Waals surface area contributed by atoms with Crippen molar-refractivity contribution in [3.8, 4) is 5.75 Å². The first-order valence-electron chi connectivity index (χ1n) is 7.94. The molecule has 1 aromatic carbocycles. The highest BCUT2D eigenvalue weighted by Crippen LogP contribution is 2.28. The first-order chi connectivity index (χ1) is 11.6. The predicted octanol–water partition coefficient (Wildman–Crippen LogP) is 4.02. The molecule has 0 spiro atoms. The zero-order chi connectivity index (χ0) is 16.9. The van der Waals surface area contributed by atoms with Crippen molar-refractivity contribution in [1.82, 2.24) is 10.3 Å². The Kier molecular flexibility index (Phi) is 5.53. The second-order valence-electron chi connectivity index (χ2n) is 5.74. The van der Waals surface area contributed by atoms with Gasteiger partial charge in [-0.3, -0.25) is 4.79 Å². The number of rotatable bonds is 6. The van der Waals surface area contributed by atoms with E-state index in [1.807, 2.05) is 19.1 Å². The maximum Gasteiger partial charge on any atom is 0.250 e. The van der Waals surface area contributed by atoms with E-state index in [0.717, 1.165) is 41.3 Å². The average molecular weight is 363 g/mol. The van der Waals surface area contributed by atoms with E-state index >= 15 is 0 Å². The standard InChI is InChI=1S/C18H19ClN2O2S/c1-12-11-24-17(21-12)4-2-3-7-20-18(22)14-8-13-9-15(19)5-6-16(13)23-10-14/h5-6,8-9,11H,2-4,7,10H2,1H3,(H,20,22). The van der Waals surface area contributed by atoms with Crippen LogP contribution in [0.3, 0.4) is 0 Å². The molecule has 24 heavy (non-hydrogen) atoms. The number of amides is 1. The van der Waals surface area contributed by atoms with Crippen molar-refractivity contribution in [2.75, 3.05) is 13.2 Å². The van der Waals surface area contributed by atoms with Crippen molar-refractivity contribution in [2.45, 2.75) is 26.2 Å². The second kappa shape index (κ2) is 7.81. The molecular formula is C18H19ClN2O2S. The van der Waals surface area contributed by atoms with E-state index < -0.39 is 0 Å². The normalized spacial score (nSPS) is 13.0. The molecule has 2 heterocycles. The Bertz CT molecular complexity index is 770. The molecule has 0 atom stereocenters. The van der Waals surface area contributed by atoms with Gasteiger partial charge in [0.15, 0.2) is 0 Å². The van der Waals surface area contributed by atoms with Gasteiger partial charge in [-0.05, 0) is 50.5 Å². The summed E-state index contributed by atoms with van der Waals surface area (Å²) in [6.45, 7) is 2.95. The number of halogens is 1. The van der Waals surface area contributed by atoms with Gasteiger partial charge >= 0.3 is 0 Å². The monoisotopic (exact) mass is 362 g/mol. The minimum absolute atomic E-state index is 0.0780. The van der Waals surface area contributed by atoms with Crippen molar-refractivity contribution in [1.29, 1.82) is 0 Å². The van der Waals surface area contributed by atoms with E-state index in [1.165, 1.54) is 0 Å². The lowest BCUT2D eigenvalue weighted by Crippen LogP contribution is -2.29. The average Bonchev–Trinajstić information content (AvgIpc) is 2.99. The van der Waals surface area contributed by atoms with Crippen LogP contribution in [0.2, 0.25) is 5.02 Å². The molecule has 2 aromatic rings. The largest absolute Gasteiger partial charge is 0.488 e. The topological polar surface area (TPSA) is 51.2 Å². The number of fused-ring (bicyclic) bond motifs is 1. The molecule has 0 saturated carbocycles. The van der Waals surface area contributed by atoms with Crippen LogP contribution in [0, 0.1) is 6.92 Å². The molecule has 1 aliphatic heterocycles. The van der Waals surface area contributed by atoms with Crippen LogP contribution < -0.4 is 10.1 Å². The molecule has 3 rings (SSSR count). The summed E-state index contributed by atoms with van der Waals surface area (Å²) in [7, 11) is 0. The molecule has 1 aromatic heterocycles. The van der Waals surface area contributed by atoms with Crippen molar-refractivity contribution < 1.29 is 9.53 Å². The second-order valence-corrected chi connectivity index (χ2v) is 7.12. The van der Waals surface area contributed by atoms with E-state index in [-0.39, 0.29) is 5.91 Å². The Morgan fingerprint density at radius 1 is 1.42 bits per heavy atom. The molecule has 0 aliphatic carbocycles. The number of carbonyl (C=O) groups excluding carboxylic acids is 1. The molecular weight excluding hydrogens is 344 g/mol. The third-order valence-corrected chi connectivity index (χ3v) is 5.01. The number of hydrogen-bond acceptors (Lipinski definition) is 4. The lowest BCUT2D eigenvalue weighted by molar-refractivity contribution is -0.117.